The van der Waals surface area contributed by atoms with E-state index in [9.17, 15) is 19.5 Å². The summed E-state index contributed by atoms with van der Waals surface area (Å²) in [6.45, 7) is 1.85. The van der Waals surface area contributed by atoms with Gasteiger partial charge in [0.2, 0.25) is 5.91 Å². The van der Waals surface area contributed by atoms with E-state index < -0.39 is 17.1 Å². The van der Waals surface area contributed by atoms with Crippen molar-refractivity contribution in [3.05, 3.63) is 124 Å². The minimum Gasteiger partial charge on any atom is -0.478 e. The Labute approximate surface area is 223 Å². The molecule has 8 heteroatoms. The first-order chi connectivity index (χ1) is 17.8. The van der Waals surface area contributed by atoms with Crippen LogP contribution in [0.25, 0.3) is 0 Å². The van der Waals surface area contributed by atoms with Gasteiger partial charge in [0.25, 0.3) is 5.91 Å². The van der Waals surface area contributed by atoms with Gasteiger partial charge in [-0.25, -0.2) is 4.79 Å². The Morgan fingerprint density at radius 1 is 0.784 bits per heavy atom. The first-order valence-electron chi connectivity index (χ1n) is 11.3. The number of hydrogen-bond acceptors (Lipinski definition) is 4. The van der Waals surface area contributed by atoms with Crippen molar-refractivity contribution in [1.82, 2.24) is 0 Å². The summed E-state index contributed by atoms with van der Waals surface area (Å²) in [6, 6.07) is 27.9. The smallest absolute Gasteiger partial charge is 0.336 e. The Bertz CT molecular complexity index is 1440. The molecule has 0 aromatic heterocycles. The van der Waals surface area contributed by atoms with Gasteiger partial charge in [-0.15, -0.1) is 11.8 Å². The summed E-state index contributed by atoms with van der Waals surface area (Å²) in [5.41, 5.74) is 2.79. The molecule has 0 heterocycles. The van der Waals surface area contributed by atoms with Crippen molar-refractivity contribution in [1.29, 1.82) is 0 Å². The van der Waals surface area contributed by atoms with Crippen molar-refractivity contribution < 1.29 is 19.5 Å². The van der Waals surface area contributed by atoms with E-state index in [2.05, 4.69) is 10.6 Å². The van der Waals surface area contributed by atoms with Gasteiger partial charge in [0, 0.05) is 21.3 Å². The number of nitrogens with one attached hydrogen (secondary N) is 2. The lowest BCUT2D eigenvalue weighted by Gasteiger charge is -2.18. The molecule has 0 aliphatic heterocycles. The van der Waals surface area contributed by atoms with Gasteiger partial charge in [0.05, 0.1) is 11.1 Å². The summed E-state index contributed by atoms with van der Waals surface area (Å²) in [6.07, 6.45) is 0. The highest BCUT2D eigenvalue weighted by Crippen LogP contribution is 2.37. The van der Waals surface area contributed by atoms with Gasteiger partial charge in [-0.1, -0.05) is 60.1 Å². The van der Waals surface area contributed by atoms with E-state index in [0.29, 0.717) is 16.4 Å². The minimum atomic E-state index is -1.17. The SMILES string of the molecule is Cc1c(Cl)cccc1NC(=O)C(Sc1ccc(NC(=O)c2ccccc2C(=O)O)cc1)c1ccccc1. The Morgan fingerprint density at radius 2 is 1.43 bits per heavy atom. The summed E-state index contributed by atoms with van der Waals surface area (Å²) in [5, 5.41) is 15.1. The molecule has 0 fully saturated rings. The molecule has 1 atom stereocenters. The first-order valence-corrected chi connectivity index (χ1v) is 12.6. The number of benzene rings is 4. The van der Waals surface area contributed by atoms with Crippen LogP contribution >= 0.6 is 23.4 Å². The van der Waals surface area contributed by atoms with Crippen LogP contribution in [0.15, 0.2) is 102 Å². The number of anilines is 2. The Morgan fingerprint density at radius 3 is 2.11 bits per heavy atom. The van der Waals surface area contributed by atoms with Gasteiger partial charge >= 0.3 is 5.97 Å². The van der Waals surface area contributed by atoms with Crippen molar-refractivity contribution in [2.45, 2.75) is 17.1 Å². The average Bonchev–Trinajstić information content (AvgIpc) is 2.91. The van der Waals surface area contributed by atoms with Crippen LogP contribution in [0.3, 0.4) is 0 Å². The standard InChI is InChI=1S/C29H23ClN2O4S/c1-18-24(30)12-7-13-25(18)32-28(34)26(19-8-3-2-4-9-19)37-21-16-14-20(15-17-21)31-27(33)22-10-5-6-11-23(22)29(35)36/h2-17,26H,1H3,(H,31,33)(H,32,34)(H,35,36). The number of amides is 2. The number of halogens is 1. The molecule has 2 amide bonds. The predicted octanol–water partition coefficient (Wildman–Crippen LogP) is 7.07. The van der Waals surface area contributed by atoms with Crippen LogP contribution in [0.4, 0.5) is 11.4 Å². The van der Waals surface area contributed by atoms with Crippen molar-refractivity contribution in [2.75, 3.05) is 10.6 Å². The second kappa shape index (κ2) is 11.8. The molecule has 6 nitrogen and oxygen atoms in total. The predicted molar refractivity (Wildman–Crippen MR) is 148 cm³/mol. The molecule has 0 spiro atoms. The topological polar surface area (TPSA) is 95.5 Å². The van der Waals surface area contributed by atoms with E-state index in [4.69, 9.17) is 11.6 Å². The van der Waals surface area contributed by atoms with Gasteiger partial charge in [0.15, 0.2) is 0 Å². The molecule has 3 N–H and O–H groups in total. The molecule has 4 rings (SSSR count). The van der Waals surface area contributed by atoms with E-state index >= 15 is 0 Å². The zero-order valence-electron chi connectivity index (χ0n) is 19.8. The van der Waals surface area contributed by atoms with Crippen LogP contribution in [-0.4, -0.2) is 22.9 Å². The number of carbonyl (C=O) groups is 3. The Kier molecular flexibility index (Phi) is 8.28. The van der Waals surface area contributed by atoms with E-state index in [-0.39, 0.29) is 17.0 Å². The fourth-order valence-corrected chi connectivity index (χ4v) is 4.86. The number of aromatic carboxylic acids is 1. The van der Waals surface area contributed by atoms with E-state index in [1.807, 2.05) is 43.3 Å². The second-order valence-electron chi connectivity index (χ2n) is 8.14. The van der Waals surface area contributed by atoms with Crippen molar-refractivity contribution >= 4 is 52.5 Å². The fourth-order valence-electron chi connectivity index (χ4n) is 3.66. The van der Waals surface area contributed by atoms with Gasteiger partial charge < -0.3 is 15.7 Å². The maximum atomic E-state index is 13.4. The summed E-state index contributed by atoms with van der Waals surface area (Å²) in [4.78, 5) is 38.3. The van der Waals surface area contributed by atoms with Gasteiger partial charge in [-0.05, 0) is 66.6 Å². The van der Waals surface area contributed by atoms with E-state index in [1.165, 1.54) is 23.9 Å². The molecule has 0 saturated heterocycles. The fraction of sp³-hybridized carbons (Fsp3) is 0.0690. The third-order valence-electron chi connectivity index (χ3n) is 5.63. The quantitative estimate of drug-likeness (QED) is 0.212. The average molecular weight is 531 g/mol. The summed E-state index contributed by atoms with van der Waals surface area (Å²) in [7, 11) is 0. The number of carbonyl (C=O) groups excluding carboxylic acids is 2. The second-order valence-corrected chi connectivity index (χ2v) is 9.73. The molecular weight excluding hydrogens is 508 g/mol. The highest BCUT2D eigenvalue weighted by Gasteiger charge is 2.23. The molecule has 0 aliphatic rings. The molecule has 0 aliphatic carbocycles. The summed E-state index contributed by atoms with van der Waals surface area (Å²) < 4.78 is 0. The van der Waals surface area contributed by atoms with Crippen molar-refractivity contribution in [3.8, 4) is 0 Å². The lowest BCUT2D eigenvalue weighted by atomic mass is 10.1. The monoisotopic (exact) mass is 530 g/mol. The maximum absolute atomic E-state index is 13.4. The molecule has 0 saturated carbocycles. The molecule has 4 aromatic carbocycles. The number of carboxylic acids is 1. The summed E-state index contributed by atoms with van der Waals surface area (Å²) in [5.74, 6) is -1.88. The molecule has 186 valence electrons. The largest absolute Gasteiger partial charge is 0.478 e. The third kappa shape index (κ3) is 6.39. The highest BCUT2D eigenvalue weighted by molar-refractivity contribution is 8.00. The summed E-state index contributed by atoms with van der Waals surface area (Å²) >= 11 is 7.60. The Hall–Kier alpha value is -4.07. The van der Waals surface area contributed by atoms with Gasteiger partial charge in [-0.3, -0.25) is 9.59 Å². The molecule has 1 unspecified atom stereocenters. The number of rotatable bonds is 8. The van der Waals surface area contributed by atoms with Crippen LogP contribution in [0.5, 0.6) is 0 Å². The zero-order chi connectivity index (χ0) is 26.4. The van der Waals surface area contributed by atoms with Crippen LogP contribution in [0, 0.1) is 6.92 Å². The zero-order valence-corrected chi connectivity index (χ0v) is 21.3. The first kappa shape index (κ1) is 26.0. The highest BCUT2D eigenvalue weighted by atomic mass is 35.5. The van der Waals surface area contributed by atoms with E-state index in [0.717, 1.165) is 16.0 Å². The van der Waals surface area contributed by atoms with Gasteiger partial charge in [0.1, 0.15) is 5.25 Å². The molecular formula is C29H23ClN2O4S. The molecule has 0 bridgehead atoms. The third-order valence-corrected chi connectivity index (χ3v) is 7.31. The molecule has 0 radical (unpaired) electrons. The van der Waals surface area contributed by atoms with E-state index in [1.54, 1.807) is 48.5 Å². The van der Waals surface area contributed by atoms with Crippen LogP contribution in [0.2, 0.25) is 5.02 Å². The number of thioether (sulfide) groups is 1. The van der Waals surface area contributed by atoms with Crippen LogP contribution < -0.4 is 10.6 Å². The van der Waals surface area contributed by atoms with Crippen molar-refractivity contribution in [3.63, 3.8) is 0 Å². The lowest BCUT2D eigenvalue weighted by Crippen LogP contribution is -2.19. The normalized spacial score (nSPS) is 11.4. The van der Waals surface area contributed by atoms with Crippen molar-refractivity contribution in [2.24, 2.45) is 0 Å². The molecule has 4 aromatic rings. The number of hydrogen-bond donors (Lipinski definition) is 3. The van der Waals surface area contributed by atoms with Gasteiger partial charge in [-0.2, -0.15) is 0 Å². The maximum Gasteiger partial charge on any atom is 0.336 e. The van der Waals surface area contributed by atoms with Crippen LogP contribution in [0.1, 0.15) is 37.1 Å². The van der Waals surface area contributed by atoms with Crippen LogP contribution in [-0.2, 0) is 4.79 Å². The lowest BCUT2D eigenvalue weighted by molar-refractivity contribution is -0.115. The molecule has 37 heavy (non-hydrogen) atoms. The number of carboxylic acid groups (broad SMARTS) is 1. The Balaban J connectivity index is 1.52. The minimum absolute atomic E-state index is 0.0705.